The predicted octanol–water partition coefficient (Wildman–Crippen LogP) is 2.09. The minimum absolute atomic E-state index is 0.333. The lowest BCUT2D eigenvalue weighted by molar-refractivity contribution is -0.815. The van der Waals surface area contributed by atoms with Gasteiger partial charge in [0, 0.05) is 22.5 Å². The number of carboxylic acid groups (broad SMARTS) is 1. The van der Waals surface area contributed by atoms with Gasteiger partial charge in [0.1, 0.15) is 11.9 Å². The number of hydrogen-bond acceptors (Lipinski definition) is 2. The van der Waals surface area contributed by atoms with Gasteiger partial charge < -0.3 is 15.2 Å². The summed E-state index contributed by atoms with van der Waals surface area (Å²) in [5.74, 6) is -1.01. The standard InChI is InChI=1S/C20H16N2O3/c23-17(24)11-20(25)14-6-2-4-8-16(14)22-10-9-13-12-5-1-3-7-15(12)21-18(13)19(20)22/h1-10,19,21,25H,11H2,(H,23,24)/p+1/t19?,20-/m1/s1. The second-order valence-electron chi connectivity index (χ2n) is 6.76. The van der Waals surface area contributed by atoms with Crippen LogP contribution >= 0.6 is 0 Å². The Morgan fingerprint density at radius 3 is 2.76 bits per heavy atom. The molecular formula is C20H17N2O3+. The smallest absolute Gasteiger partial charge is 0.306 e. The van der Waals surface area contributed by atoms with Crippen LogP contribution in [0, 0.1) is 0 Å². The van der Waals surface area contributed by atoms with Crippen molar-refractivity contribution in [3.63, 3.8) is 0 Å². The Morgan fingerprint density at radius 1 is 1.16 bits per heavy atom. The van der Waals surface area contributed by atoms with Crippen molar-refractivity contribution in [2.75, 3.05) is 0 Å². The van der Waals surface area contributed by atoms with Crippen LogP contribution in [0.3, 0.4) is 0 Å². The number of carboxylic acids is 1. The second kappa shape index (κ2) is 4.81. The number of rotatable bonds is 2. The molecule has 3 aromatic rings. The fourth-order valence-electron chi connectivity index (χ4n) is 4.45. The number of quaternary nitrogens is 1. The van der Waals surface area contributed by atoms with E-state index in [9.17, 15) is 15.0 Å². The molecule has 2 aromatic carbocycles. The van der Waals surface area contributed by atoms with E-state index in [4.69, 9.17) is 0 Å². The summed E-state index contributed by atoms with van der Waals surface area (Å²) in [6, 6.07) is 15.1. The van der Waals surface area contributed by atoms with Gasteiger partial charge in [-0.05, 0) is 18.2 Å². The first-order valence-corrected chi connectivity index (χ1v) is 8.29. The minimum Gasteiger partial charge on any atom is -0.481 e. The summed E-state index contributed by atoms with van der Waals surface area (Å²) in [6.45, 7) is 0. The highest BCUT2D eigenvalue weighted by molar-refractivity contribution is 5.91. The highest BCUT2D eigenvalue weighted by Crippen LogP contribution is 2.47. The minimum atomic E-state index is -1.46. The lowest BCUT2D eigenvalue weighted by Crippen LogP contribution is -3.03. The van der Waals surface area contributed by atoms with Crippen LogP contribution < -0.4 is 4.90 Å². The van der Waals surface area contributed by atoms with Gasteiger partial charge in [-0.3, -0.25) is 9.69 Å². The zero-order valence-corrected chi connectivity index (χ0v) is 13.4. The van der Waals surface area contributed by atoms with Gasteiger partial charge in [-0.25, -0.2) is 0 Å². The summed E-state index contributed by atoms with van der Waals surface area (Å²) < 4.78 is 0. The Bertz CT molecular complexity index is 1050. The van der Waals surface area contributed by atoms with E-state index in [-0.39, 0.29) is 6.42 Å². The van der Waals surface area contributed by atoms with Crippen LogP contribution in [0.4, 0.5) is 5.69 Å². The number of hydrogen-bond donors (Lipinski definition) is 4. The van der Waals surface area contributed by atoms with Gasteiger partial charge in [0.2, 0.25) is 0 Å². The molecule has 5 rings (SSSR count). The Hall–Kier alpha value is -2.89. The van der Waals surface area contributed by atoms with Gasteiger partial charge in [0.25, 0.3) is 0 Å². The first kappa shape index (κ1) is 14.5. The number of H-pyrrole nitrogens is 1. The number of aromatic nitrogens is 1. The molecule has 0 radical (unpaired) electrons. The highest BCUT2D eigenvalue weighted by Gasteiger charge is 2.58. The summed E-state index contributed by atoms with van der Waals surface area (Å²) in [5.41, 5.74) is 3.06. The number of aliphatic hydroxyl groups is 1. The predicted molar refractivity (Wildman–Crippen MR) is 93.3 cm³/mol. The summed E-state index contributed by atoms with van der Waals surface area (Å²) in [4.78, 5) is 15.9. The molecule has 0 bridgehead atoms. The Kier molecular flexibility index (Phi) is 2.78. The molecule has 124 valence electrons. The van der Waals surface area contributed by atoms with Crippen LogP contribution in [0.1, 0.15) is 29.3 Å². The highest BCUT2D eigenvalue weighted by atomic mass is 16.4. The average molecular weight is 333 g/mol. The largest absolute Gasteiger partial charge is 0.481 e. The van der Waals surface area contributed by atoms with E-state index in [2.05, 4.69) is 11.1 Å². The molecule has 2 aliphatic heterocycles. The van der Waals surface area contributed by atoms with E-state index >= 15 is 0 Å². The van der Waals surface area contributed by atoms with Crippen LogP contribution in [-0.4, -0.2) is 21.2 Å². The summed E-state index contributed by atoms with van der Waals surface area (Å²) in [5, 5.41) is 22.1. The summed E-state index contributed by atoms with van der Waals surface area (Å²) in [7, 11) is 0. The SMILES string of the molecule is O=C(O)C[C@@]1(O)c2ccccc2[NH+]2C=Cc3c([nH]c4ccccc34)C21. The number of fused-ring (bicyclic) bond motifs is 7. The first-order chi connectivity index (χ1) is 12.1. The molecule has 4 N–H and O–H groups in total. The fraction of sp³-hybridized carbons (Fsp3) is 0.150. The number of nitrogens with one attached hydrogen (secondary N) is 2. The van der Waals surface area contributed by atoms with Gasteiger partial charge in [-0.15, -0.1) is 0 Å². The maximum Gasteiger partial charge on any atom is 0.306 e. The van der Waals surface area contributed by atoms with E-state index < -0.39 is 17.6 Å². The van der Waals surface area contributed by atoms with Crippen LogP contribution in [-0.2, 0) is 10.4 Å². The number of para-hydroxylation sites is 2. The van der Waals surface area contributed by atoms with Crippen LogP contribution in [0.25, 0.3) is 17.0 Å². The van der Waals surface area contributed by atoms with Gasteiger partial charge in [0.05, 0.1) is 17.7 Å². The van der Waals surface area contributed by atoms with Crippen molar-refractivity contribution in [1.82, 2.24) is 4.98 Å². The van der Waals surface area contributed by atoms with Crippen molar-refractivity contribution in [3.05, 3.63) is 71.6 Å². The molecule has 0 saturated carbocycles. The molecule has 25 heavy (non-hydrogen) atoms. The third kappa shape index (κ3) is 1.82. The number of carbonyl (C=O) groups is 1. The van der Waals surface area contributed by atoms with E-state index in [1.165, 1.54) is 0 Å². The maximum atomic E-state index is 11.5. The van der Waals surface area contributed by atoms with E-state index in [0.29, 0.717) is 5.56 Å². The van der Waals surface area contributed by atoms with Crippen LogP contribution in [0.5, 0.6) is 0 Å². The van der Waals surface area contributed by atoms with Crippen molar-refractivity contribution in [2.45, 2.75) is 18.1 Å². The number of aromatic amines is 1. The van der Waals surface area contributed by atoms with E-state index in [0.717, 1.165) is 32.7 Å². The Morgan fingerprint density at radius 2 is 1.92 bits per heavy atom. The molecule has 2 aliphatic rings. The van der Waals surface area contributed by atoms with Crippen molar-refractivity contribution < 1.29 is 19.9 Å². The molecule has 0 spiro atoms. The molecule has 2 unspecified atom stereocenters. The van der Waals surface area contributed by atoms with Crippen molar-refractivity contribution >= 4 is 28.6 Å². The van der Waals surface area contributed by atoms with Gasteiger partial charge in [-0.2, -0.15) is 0 Å². The molecule has 1 aromatic heterocycles. The lowest BCUT2D eigenvalue weighted by Gasteiger charge is -2.30. The van der Waals surface area contributed by atoms with Crippen molar-refractivity contribution in [2.24, 2.45) is 0 Å². The van der Waals surface area contributed by atoms with Crippen LogP contribution in [0.15, 0.2) is 54.7 Å². The van der Waals surface area contributed by atoms with Crippen molar-refractivity contribution in [1.29, 1.82) is 0 Å². The first-order valence-electron chi connectivity index (χ1n) is 8.29. The quantitative estimate of drug-likeness (QED) is 0.580. The maximum absolute atomic E-state index is 11.5. The molecule has 3 atom stereocenters. The van der Waals surface area contributed by atoms with Crippen molar-refractivity contribution in [3.8, 4) is 0 Å². The molecule has 5 nitrogen and oxygen atoms in total. The van der Waals surface area contributed by atoms with E-state index in [1.807, 2.05) is 54.7 Å². The van der Waals surface area contributed by atoms with Crippen LogP contribution in [0.2, 0.25) is 0 Å². The van der Waals surface area contributed by atoms with E-state index in [1.54, 1.807) is 0 Å². The van der Waals surface area contributed by atoms with Gasteiger partial charge >= 0.3 is 5.97 Å². The normalized spacial score (nSPS) is 26.3. The lowest BCUT2D eigenvalue weighted by atomic mass is 9.83. The number of benzene rings is 2. The molecule has 0 aliphatic carbocycles. The topological polar surface area (TPSA) is 77.8 Å². The van der Waals surface area contributed by atoms with Gasteiger partial charge in [-0.1, -0.05) is 30.3 Å². The third-order valence-corrected chi connectivity index (χ3v) is 5.41. The third-order valence-electron chi connectivity index (χ3n) is 5.41. The molecule has 0 fully saturated rings. The second-order valence-corrected chi connectivity index (χ2v) is 6.76. The number of aliphatic carboxylic acids is 1. The summed E-state index contributed by atoms with van der Waals surface area (Å²) in [6.07, 6.45) is 3.75. The zero-order chi connectivity index (χ0) is 17.2. The zero-order valence-electron chi connectivity index (χ0n) is 13.4. The fourth-order valence-corrected chi connectivity index (χ4v) is 4.45. The molecule has 0 saturated heterocycles. The molecule has 5 heteroatoms. The monoisotopic (exact) mass is 333 g/mol. The summed E-state index contributed by atoms with van der Waals surface area (Å²) >= 11 is 0. The Balaban J connectivity index is 1.80. The molecular weight excluding hydrogens is 316 g/mol. The Labute approximate surface area is 143 Å². The average Bonchev–Trinajstić information content (AvgIpc) is 3.09. The molecule has 0 amide bonds. The molecule has 3 heterocycles. The van der Waals surface area contributed by atoms with Gasteiger partial charge in [0.15, 0.2) is 11.6 Å².